The zero-order chi connectivity index (χ0) is 24.0. The summed E-state index contributed by atoms with van der Waals surface area (Å²) in [6.07, 6.45) is -4.33. The Balaban J connectivity index is 1.48. The summed E-state index contributed by atoms with van der Waals surface area (Å²) >= 11 is 0. The summed E-state index contributed by atoms with van der Waals surface area (Å²) in [5, 5.41) is 10.6. The summed E-state index contributed by atoms with van der Waals surface area (Å²) in [7, 11) is -4.16. The molecule has 1 aliphatic heterocycles. The van der Waals surface area contributed by atoms with Crippen LogP contribution in [0.1, 0.15) is 16.7 Å². The first kappa shape index (κ1) is 24.5. The summed E-state index contributed by atoms with van der Waals surface area (Å²) in [6.45, 7) is 2.49. The van der Waals surface area contributed by atoms with Gasteiger partial charge in [-0.3, -0.25) is 4.18 Å². The minimum absolute atomic E-state index is 0.00381. The molecule has 0 spiro atoms. The summed E-state index contributed by atoms with van der Waals surface area (Å²) in [5.74, 6) is 0. The van der Waals surface area contributed by atoms with Gasteiger partial charge in [-0.1, -0.05) is 78.4 Å². The molecule has 0 unspecified atom stereocenters. The second kappa shape index (κ2) is 11.2. The molecule has 0 radical (unpaired) electrons. The van der Waals surface area contributed by atoms with E-state index in [1.807, 2.05) is 67.6 Å². The number of rotatable bonds is 10. The standard InChI is InChI=1S/C26H28O7S/c1-19-12-14-22(15-13-19)34(28,29)33-25-24(31-17-21-10-6-3-7-11-21)23(32-26(25)27)18-30-16-20-8-4-2-5-9-20/h2-15,23-27H,16-18H2,1H3/t23-,24+,25-,26-/m1/s1. The van der Waals surface area contributed by atoms with Gasteiger partial charge in [0, 0.05) is 0 Å². The van der Waals surface area contributed by atoms with Gasteiger partial charge in [0.25, 0.3) is 10.1 Å². The van der Waals surface area contributed by atoms with E-state index in [1.54, 1.807) is 12.1 Å². The average Bonchev–Trinajstić information content (AvgIpc) is 3.12. The highest BCUT2D eigenvalue weighted by atomic mass is 32.2. The van der Waals surface area contributed by atoms with Crippen LogP contribution < -0.4 is 0 Å². The molecule has 7 nitrogen and oxygen atoms in total. The molecule has 1 fully saturated rings. The molecule has 0 aliphatic carbocycles. The van der Waals surface area contributed by atoms with Crippen LogP contribution in [0.2, 0.25) is 0 Å². The van der Waals surface area contributed by atoms with Crippen molar-refractivity contribution in [3.63, 3.8) is 0 Å². The summed E-state index contributed by atoms with van der Waals surface area (Å²) < 4.78 is 48.7. The van der Waals surface area contributed by atoms with Gasteiger partial charge in [0.05, 0.1) is 24.7 Å². The first-order valence-corrected chi connectivity index (χ1v) is 12.4. The molecule has 0 amide bonds. The number of benzene rings is 3. The number of hydrogen-bond donors (Lipinski definition) is 1. The fourth-order valence-corrected chi connectivity index (χ4v) is 4.76. The lowest BCUT2D eigenvalue weighted by atomic mass is 10.1. The number of aliphatic hydroxyl groups is 1. The van der Waals surface area contributed by atoms with E-state index in [9.17, 15) is 13.5 Å². The fourth-order valence-electron chi connectivity index (χ4n) is 3.69. The van der Waals surface area contributed by atoms with Crippen LogP contribution in [0, 0.1) is 6.92 Å². The van der Waals surface area contributed by atoms with Gasteiger partial charge in [-0.15, -0.1) is 0 Å². The van der Waals surface area contributed by atoms with Crippen LogP contribution in [0.4, 0.5) is 0 Å². The summed E-state index contributed by atoms with van der Waals surface area (Å²) in [6, 6.07) is 25.4. The van der Waals surface area contributed by atoms with Crippen LogP contribution in [0.3, 0.4) is 0 Å². The highest BCUT2D eigenvalue weighted by molar-refractivity contribution is 7.86. The van der Waals surface area contributed by atoms with E-state index in [0.29, 0.717) is 6.61 Å². The average molecular weight is 485 g/mol. The third-order valence-corrected chi connectivity index (χ3v) is 6.84. The third-order valence-electron chi connectivity index (χ3n) is 5.51. The van der Waals surface area contributed by atoms with Gasteiger partial charge in [0.1, 0.15) is 12.2 Å². The van der Waals surface area contributed by atoms with E-state index in [0.717, 1.165) is 16.7 Å². The largest absolute Gasteiger partial charge is 0.374 e. The van der Waals surface area contributed by atoms with Crippen molar-refractivity contribution >= 4 is 10.1 Å². The Labute approximate surface area is 200 Å². The van der Waals surface area contributed by atoms with Crippen LogP contribution in [0.25, 0.3) is 0 Å². The Morgan fingerprint density at radius 3 is 2.03 bits per heavy atom. The van der Waals surface area contributed by atoms with Gasteiger partial charge in [0.15, 0.2) is 12.4 Å². The van der Waals surface area contributed by atoms with E-state index >= 15 is 0 Å². The summed E-state index contributed by atoms with van der Waals surface area (Å²) in [5.41, 5.74) is 2.80. The smallest absolute Gasteiger partial charge is 0.297 e. The van der Waals surface area contributed by atoms with Gasteiger partial charge >= 0.3 is 0 Å². The fraction of sp³-hybridized carbons (Fsp3) is 0.308. The van der Waals surface area contributed by atoms with E-state index in [-0.39, 0.29) is 18.1 Å². The highest BCUT2D eigenvalue weighted by Gasteiger charge is 2.48. The van der Waals surface area contributed by atoms with Gasteiger partial charge in [-0.05, 0) is 30.2 Å². The molecule has 1 heterocycles. The van der Waals surface area contributed by atoms with Gasteiger partial charge < -0.3 is 19.3 Å². The van der Waals surface area contributed by atoms with Crippen molar-refractivity contribution in [3.8, 4) is 0 Å². The Morgan fingerprint density at radius 1 is 0.824 bits per heavy atom. The number of ether oxygens (including phenoxy) is 3. The van der Waals surface area contributed by atoms with Crippen LogP contribution in [-0.2, 0) is 41.7 Å². The van der Waals surface area contributed by atoms with Crippen LogP contribution in [0.5, 0.6) is 0 Å². The third kappa shape index (κ3) is 6.29. The van der Waals surface area contributed by atoms with Gasteiger partial charge in [-0.25, -0.2) is 0 Å². The van der Waals surface area contributed by atoms with Crippen molar-refractivity contribution in [1.29, 1.82) is 0 Å². The first-order chi connectivity index (χ1) is 16.4. The normalized spacial score (nSPS) is 22.6. The summed E-state index contributed by atoms with van der Waals surface area (Å²) in [4.78, 5) is -0.00381. The lowest BCUT2D eigenvalue weighted by molar-refractivity contribution is -0.133. The second-order valence-corrected chi connectivity index (χ2v) is 9.73. The molecule has 0 aromatic heterocycles. The van der Waals surface area contributed by atoms with E-state index < -0.39 is 34.7 Å². The van der Waals surface area contributed by atoms with Crippen LogP contribution in [0.15, 0.2) is 89.8 Å². The minimum atomic E-state index is -4.16. The molecular weight excluding hydrogens is 456 g/mol. The van der Waals surface area contributed by atoms with Crippen molar-refractivity contribution in [1.82, 2.24) is 0 Å². The maximum absolute atomic E-state index is 12.9. The zero-order valence-corrected chi connectivity index (χ0v) is 19.6. The Bertz CT molecular complexity index is 1130. The van der Waals surface area contributed by atoms with E-state index in [4.69, 9.17) is 18.4 Å². The quantitative estimate of drug-likeness (QED) is 0.440. The van der Waals surface area contributed by atoms with Crippen molar-refractivity contribution < 1.29 is 31.9 Å². The molecular formula is C26H28O7S. The van der Waals surface area contributed by atoms with Crippen molar-refractivity contribution in [2.24, 2.45) is 0 Å². The molecule has 3 aromatic carbocycles. The number of aryl methyl sites for hydroxylation is 1. The Morgan fingerprint density at radius 2 is 1.41 bits per heavy atom. The van der Waals surface area contributed by atoms with E-state index in [1.165, 1.54) is 12.1 Å². The van der Waals surface area contributed by atoms with E-state index in [2.05, 4.69) is 0 Å². The molecule has 180 valence electrons. The molecule has 4 atom stereocenters. The zero-order valence-electron chi connectivity index (χ0n) is 18.8. The van der Waals surface area contributed by atoms with Crippen molar-refractivity contribution in [2.45, 2.75) is 49.6 Å². The maximum atomic E-state index is 12.9. The number of aliphatic hydroxyl groups excluding tert-OH is 1. The topological polar surface area (TPSA) is 91.3 Å². The van der Waals surface area contributed by atoms with Gasteiger partial charge in [0.2, 0.25) is 0 Å². The molecule has 1 N–H and O–H groups in total. The lowest BCUT2D eigenvalue weighted by Crippen LogP contribution is -2.40. The van der Waals surface area contributed by atoms with Crippen molar-refractivity contribution in [2.75, 3.05) is 6.61 Å². The predicted octanol–water partition coefficient (Wildman–Crippen LogP) is 3.59. The molecule has 4 rings (SSSR count). The molecule has 8 heteroatoms. The van der Waals surface area contributed by atoms with Crippen LogP contribution >= 0.6 is 0 Å². The van der Waals surface area contributed by atoms with Crippen LogP contribution in [-0.4, -0.2) is 44.7 Å². The highest BCUT2D eigenvalue weighted by Crippen LogP contribution is 2.30. The second-order valence-electron chi connectivity index (χ2n) is 8.16. The molecule has 1 saturated heterocycles. The number of hydrogen-bond acceptors (Lipinski definition) is 7. The molecule has 34 heavy (non-hydrogen) atoms. The molecule has 0 saturated carbocycles. The molecule has 1 aliphatic rings. The molecule has 0 bridgehead atoms. The first-order valence-electron chi connectivity index (χ1n) is 11.0. The maximum Gasteiger partial charge on any atom is 0.297 e. The minimum Gasteiger partial charge on any atom is -0.374 e. The predicted molar refractivity (Wildman–Crippen MR) is 125 cm³/mol. The van der Waals surface area contributed by atoms with Gasteiger partial charge in [-0.2, -0.15) is 8.42 Å². The Hall–Kier alpha value is -2.59. The molecule has 3 aromatic rings. The SMILES string of the molecule is Cc1ccc(S(=O)(=O)O[C@@H]2[C@@H](OCc3ccccc3)[C@@H](COCc3ccccc3)O[C@H]2O)cc1. The Kier molecular flexibility index (Phi) is 8.10. The lowest BCUT2D eigenvalue weighted by Gasteiger charge is -2.23. The van der Waals surface area contributed by atoms with Crippen molar-refractivity contribution in [3.05, 3.63) is 102 Å². The monoisotopic (exact) mass is 484 g/mol.